The number of amides is 1. The van der Waals surface area contributed by atoms with Gasteiger partial charge in [-0.25, -0.2) is 0 Å². The van der Waals surface area contributed by atoms with Gasteiger partial charge >= 0.3 is 0 Å². The van der Waals surface area contributed by atoms with Gasteiger partial charge in [0.05, 0.1) is 11.7 Å². The second-order valence-corrected chi connectivity index (χ2v) is 3.65. The van der Waals surface area contributed by atoms with Crippen LogP contribution in [0, 0.1) is 6.92 Å². The van der Waals surface area contributed by atoms with Crippen LogP contribution in [0.5, 0.6) is 0 Å². The maximum Gasteiger partial charge on any atom is 0.237 e. The van der Waals surface area contributed by atoms with Crippen molar-refractivity contribution >= 4 is 5.91 Å². The van der Waals surface area contributed by atoms with Gasteiger partial charge < -0.3 is 11.1 Å². The van der Waals surface area contributed by atoms with Crippen molar-refractivity contribution in [2.24, 2.45) is 12.8 Å². The number of nitrogens with two attached hydrogens (primary N) is 1. The van der Waals surface area contributed by atoms with Crippen molar-refractivity contribution in [1.82, 2.24) is 15.1 Å². The van der Waals surface area contributed by atoms with Crippen LogP contribution in [-0.2, 0) is 18.4 Å². The minimum absolute atomic E-state index is 0.110. The molecule has 84 valence electrons. The first-order chi connectivity index (χ1) is 7.04. The summed E-state index contributed by atoms with van der Waals surface area (Å²) >= 11 is 0. The molecule has 5 nitrogen and oxygen atoms in total. The van der Waals surface area contributed by atoms with E-state index in [2.05, 4.69) is 10.4 Å². The molecule has 1 unspecified atom stereocenters. The van der Waals surface area contributed by atoms with Gasteiger partial charge in [0.25, 0.3) is 0 Å². The Morgan fingerprint density at radius 1 is 1.73 bits per heavy atom. The molecule has 0 fully saturated rings. The normalized spacial score (nSPS) is 12.5. The van der Waals surface area contributed by atoms with E-state index in [1.54, 1.807) is 4.68 Å². The highest BCUT2D eigenvalue weighted by Gasteiger charge is 2.11. The molecule has 5 heteroatoms. The Balaban J connectivity index is 2.50. The van der Waals surface area contributed by atoms with E-state index >= 15 is 0 Å². The molecule has 0 saturated carbocycles. The quantitative estimate of drug-likeness (QED) is 0.739. The predicted octanol–water partition coefficient (Wildman–Crippen LogP) is 0.0820. The summed E-state index contributed by atoms with van der Waals surface area (Å²) in [6, 6.07) is -0.415. The standard InChI is InChI=1S/C10H18N4O/c1-4-9(11)10(15)12-5-8-6-14(3)13-7(8)2/h6,9H,4-5,11H2,1-3H3,(H,12,15). The lowest BCUT2D eigenvalue weighted by atomic mass is 10.2. The zero-order chi connectivity index (χ0) is 11.4. The van der Waals surface area contributed by atoms with Gasteiger partial charge in [-0.2, -0.15) is 5.10 Å². The molecule has 0 spiro atoms. The topological polar surface area (TPSA) is 72.9 Å². The Hall–Kier alpha value is -1.36. The van der Waals surface area contributed by atoms with Crippen molar-refractivity contribution in [3.63, 3.8) is 0 Å². The average molecular weight is 210 g/mol. The van der Waals surface area contributed by atoms with Crippen molar-refractivity contribution in [1.29, 1.82) is 0 Å². The van der Waals surface area contributed by atoms with Crippen LogP contribution >= 0.6 is 0 Å². The third kappa shape index (κ3) is 3.06. The number of aromatic nitrogens is 2. The molecule has 0 radical (unpaired) electrons. The Morgan fingerprint density at radius 2 is 2.40 bits per heavy atom. The lowest BCUT2D eigenvalue weighted by Crippen LogP contribution is -2.39. The second kappa shape index (κ2) is 4.93. The Kier molecular flexibility index (Phi) is 3.85. The molecule has 1 atom stereocenters. The van der Waals surface area contributed by atoms with Gasteiger partial charge in [-0.3, -0.25) is 9.48 Å². The third-order valence-corrected chi connectivity index (χ3v) is 2.34. The summed E-state index contributed by atoms with van der Waals surface area (Å²) in [6.45, 7) is 4.30. The molecule has 1 rings (SSSR count). The highest BCUT2D eigenvalue weighted by molar-refractivity contribution is 5.81. The van der Waals surface area contributed by atoms with Gasteiger partial charge in [-0.15, -0.1) is 0 Å². The Labute approximate surface area is 89.6 Å². The van der Waals surface area contributed by atoms with Crippen LogP contribution in [0.2, 0.25) is 0 Å². The SMILES string of the molecule is CCC(N)C(=O)NCc1cn(C)nc1C. The minimum atomic E-state index is -0.415. The molecule has 15 heavy (non-hydrogen) atoms. The van der Waals surface area contributed by atoms with Crippen LogP contribution < -0.4 is 11.1 Å². The molecule has 1 heterocycles. The highest BCUT2D eigenvalue weighted by Crippen LogP contribution is 2.03. The van der Waals surface area contributed by atoms with E-state index in [1.165, 1.54) is 0 Å². The van der Waals surface area contributed by atoms with E-state index in [0.29, 0.717) is 13.0 Å². The fraction of sp³-hybridized carbons (Fsp3) is 0.600. The van der Waals surface area contributed by atoms with Crippen LogP contribution in [0.25, 0.3) is 0 Å². The fourth-order valence-corrected chi connectivity index (χ4v) is 1.32. The number of nitrogens with one attached hydrogen (secondary N) is 1. The summed E-state index contributed by atoms with van der Waals surface area (Å²) in [7, 11) is 1.86. The Morgan fingerprint density at radius 3 is 2.87 bits per heavy atom. The summed E-state index contributed by atoms with van der Waals surface area (Å²) < 4.78 is 1.73. The molecule has 0 saturated heterocycles. The monoisotopic (exact) mass is 210 g/mol. The van der Waals surface area contributed by atoms with E-state index in [9.17, 15) is 4.79 Å². The number of hydrogen-bond donors (Lipinski definition) is 2. The maximum absolute atomic E-state index is 11.4. The van der Waals surface area contributed by atoms with Gasteiger partial charge in [0.1, 0.15) is 0 Å². The summed E-state index contributed by atoms with van der Waals surface area (Å²) in [5.74, 6) is -0.110. The number of aryl methyl sites for hydroxylation is 2. The summed E-state index contributed by atoms with van der Waals surface area (Å²) in [6.07, 6.45) is 2.55. The van der Waals surface area contributed by atoms with Crippen molar-refractivity contribution in [2.45, 2.75) is 32.9 Å². The van der Waals surface area contributed by atoms with Gasteiger partial charge in [0, 0.05) is 25.4 Å². The lowest BCUT2D eigenvalue weighted by Gasteiger charge is -2.09. The number of rotatable bonds is 4. The maximum atomic E-state index is 11.4. The van der Waals surface area contributed by atoms with E-state index in [0.717, 1.165) is 11.3 Å². The molecule has 3 N–H and O–H groups in total. The first-order valence-corrected chi connectivity index (χ1v) is 5.07. The van der Waals surface area contributed by atoms with Crippen molar-refractivity contribution < 1.29 is 4.79 Å². The molecule has 0 aliphatic heterocycles. The van der Waals surface area contributed by atoms with Gasteiger partial charge in [0.15, 0.2) is 0 Å². The van der Waals surface area contributed by atoms with Gasteiger partial charge in [-0.1, -0.05) is 6.92 Å². The van der Waals surface area contributed by atoms with E-state index in [1.807, 2.05) is 27.1 Å². The highest BCUT2D eigenvalue weighted by atomic mass is 16.2. The second-order valence-electron chi connectivity index (χ2n) is 3.65. The van der Waals surface area contributed by atoms with E-state index in [-0.39, 0.29) is 5.91 Å². The van der Waals surface area contributed by atoms with Crippen molar-refractivity contribution in [3.05, 3.63) is 17.5 Å². The number of carbonyl (C=O) groups excluding carboxylic acids is 1. The third-order valence-electron chi connectivity index (χ3n) is 2.34. The van der Waals surface area contributed by atoms with Crippen molar-refractivity contribution in [3.8, 4) is 0 Å². The summed E-state index contributed by atoms with van der Waals surface area (Å²) in [4.78, 5) is 11.4. The van der Waals surface area contributed by atoms with Crippen LogP contribution in [-0.4, -0.2) is 21.7 Å². The molecular weight excluding hydrogens is 192 g/mol. The summed E-state index contributed by atoms with van der Waals surface area (Å²) in [5, 5.41) is 6.97. The fourth-order valence-electron chi connectivity index (χ4n) is 1.32. The molecule has 1 aromatic heterocycles. The van der Waals surface area contributed by atoms with E-state index in [4.69, 9.17) is 5.73 Å². The largest absolute Gasteiger partial charge is 0.351 e. The van der Waals surface area contributed by atoms with E-state index < -0.39 is 6.04 Å². The first kappa shape index (κ1) is 11.7. The molecule has 0 bridgehead atoms. The van der Waals surface area contributed by atoms with Crippen LogP contribution in [0.4, 0.5) is 0 Å². The molecule has 1 aromatic rings. The number of nitrogens with zero attached hydrogens (tertiary/aromatic N) is 2. The minimum Gasteiger partial charge on any atom is -0.351 e. The molecule has 1 amide bonds. The smallest absolute Gasteiger partial charge is 0.237 e. The van der Waals surface area contributed by atoms with Gasteiger partial charge in [0.2, 0.25) is 5.91 Å². The van der Waals surface area contributed by atoms with Crippen LogP contribution in [0.15, 0.2) is 6.20 Å². The zero-order valence-electron chi connectivity index (χ0n) is 9.45. The van der Waals surface area contributed by atoms with Gasteiger partial charge in [-0.05, 0) is 13.3 Å². The van der Waals surface area contributed by atoms with Crippen LogP contribution in [0.1, 0.15) is 24.6 Å². The Bertz CT molecular complexity index is 345. The lowest BCUT2D eigenvalue weighted by molar-refractivity contribution is -0.122. The first-order valence-electron chi connectivity index (χ1n) is 5.07. The van der Waals surface area contributed by atoms with Crippen molar-refractivity contribution in [2.75, 3.05) is 0 Å². The molecule has 0 aliphatic carbocycles. The predicted molar refractivity (Wildman–Crippen MR) is 58.1 cm³/mol. The average Bonchev–Trinajstić information content (AvgIpc) is 2.52. The number of hydrogen-bond acceptors (Lipinski definition) is 3. The molecular formula is C10H18N4O. The number of carbonyl (C=O) groups is 1. The summed E-state index contributed by atoms with van der Waals surface area (Å²) in [5.41, 5.74) is 7.55. The molecule has 0 aliphatic rings. The zero-order valence-corrected chi connectivity index (χ0v) is 9.45. The van der Waals surface area contributed by atoms with Crippen LogP contribution in [0.3, 0.4) is 0 Å². The molecule has 0 aromatic carbocycles.